The van der Waals surface area contributed by atoms with Crippen molar-refractivity contribution in [3.63, 3.8) is 0 Å². The Labute approximate surface area is 72.9 Å². The molecule has 4 nitrogen and oxygen atoms in total. The highest BCUT2D eigenvalue weighted by molar-refractivity contribution is 5.88. The first kappa shape index (κ1) is 9.63. The molecular weight excluding hydrogens is 182 g/mol. The number of hydrogen-bond acceptors (Lipinski definition) is 3. The van der Waals surface area contributed by atoms with Crippen LogP contribution in [0.15, 0.2) is 6.33 Å². The molecule has 6 heteroatoms. The molecule has 1 aromatic rings. The highest BCUT2D eigenvalue weighted by Crippen LogP contribution is 2.19. The normalized spacial score (nSPS) is 10.5. The Kier molecular flexibility index (Phi) is 2.94. The van der Waals surface area contributed by atoms with E-state index < -0.39 is 18.1 Å². The number of nitrogens with zero attached hydrogens (tertiary/aromatic N) is 1. The maximum absolute atomic E-state index is 12.2. The first-order valence-corrected chi connectivity index (χ1v) is 3.65. The van der Waals surface area contributed by atoms with Gasteiger partial charge >= 0.3 is 5.97 Å². The Morgan fingerprint density at radius 1 is 1.77 bits per heavy atom. The minimum Gasteiger partial charge on any atom is -0.461 e. The number of hydrogen-bond donors (Lipinski definition) is 1. The Morgan fingerprint density at radius 2 is 2.46 bits per heavy atom. The van der Waals surface area contributed by atoms with Crippen molar-refractivity contribution in [2.45, 2.75) is 13.3 Å². The summed E-state index contributed by atoms with van der Waals surface area (Å²) in [4.78, 5) is 16.6. The fourth-order valence-electron chi connectivity index (χ4n) is 0.833. The molecule has 0 bridgehead atoms. The zero-order chi connectivity index (χ0) is 9.84. The van der Waals surface area contributed by atoms with E-state index in [1.54, 1.807) is 6.92 Å². The summed E-state index contributed by atoms with van der Waals surface area (Å²) >= 11 is 0. The minimum absolute atomic E-state index is 0.133. The van der Waals surface area contributed by atoms with E-state index in [4.69, 9.17) is 0 Å². The second kappa shape index (κ2) is 3.97. The number of carbonyl (C=O) groups is 1. The summed E-state index contributed by atoms with van der Waals surface area (Å²) in [7, 11) is 0. The van der Waals surface area contributed by atoms with Gasteiger partial charge in [-0.25, -0.2) is 18.6 Å². The second-order valence-electron chi connectivity index (χ2n) is 2.19. The topological polar surface area (TPSA) is 55.0 Å². The van der Waals surface area contributed by atoms with Gasteiger partial charge in [0.1, 0.15) is 5.69 Å². The number of halogens is 2. The number of carbonyl (C=O) groups excluding carboxylic acids is 1. The van der Waals surface area contributed by atoms with Crippen LogP contribution in [0.5, 0.6) is 0 Å². The molecular formula is C7H8F2N2O2. The van der Waals surface area contributed by atoms with Gasteiger partial charge in [0.2, 0.25) is 0 Å². The van der Waals surface area contributed by atoms with Gasteiger partial charge in [0.15, 0.2) is 5.69 Å². The third-order valence-electron chi connectivity index (χ3n) is 1.36. The number of aromatic amines is 1. The van der Waals surface area contributed by atoms with Crippen molar-refractivity contribution in [1.82, 2.24) is 9.97 Å². The molecule has 0 saturated carbocycles. The number of ether oxygens (including phenoxy) is 1. The highest BCUT2D eigenvalue weighted by atomic mass is 19.3. The summed E-state index contributed by atoms with van der Waals surface area (Å²) < 4.78 is 28.9. The number of esters is 1. The summed E-state index contributed by atoms with van der Waals surface area (Å²) in [5.74, 6) is -0.834. The summed E-state index contributed by atoms with van der Waals surface area (Å²) in [6.07, 6.45) is -1.71. The van der Waals surface area contributed by atoms with E-state index in [0.29, 0.717) is 0 Å². The lowest BCUT2D eigenvalue weighted by molar-refractivity contribution is 0.0508. The van der Waals surface area contributed by atoms with Crippen LogP contribution < -0.4 is 0 Å². The van der Waals surface area contributed by atoms with E-state index in [2.05, 4.69) is 14.7 Å². The van der Waals surface area contributed by atoms with Crippen LogP contribution >= 0.6 is 0 Å². The van der Waals surface area contributed by atoms with E-state index in [1.165, 1.54) is 0 Å². The Bertz CT molecular complexity index is 298. The number of alkyl halides is 2. The third kappa shape index (κ3) is 2.01. The maximum Gasteiger partial charge on any atom is 0.359 e. The molecule has 0 amide bonds. The molecule has 0 aliphatic carbocycles. The number of H-pyrrole nitrogens is 1. The van der Waals surface area contributed by atoms with Gasteiger partial charge in [-0.2, -0.15) is 0 Å². The minimum atomic E-state index is -2.75. The molecule has 0 spiro atoms. The summed E-state index contributed by atoms with van der Waals surface area (Å²) in [5.41, 5.74) is -0.852. The molecule has 0 aliphatic heterocycles. The number of imidazole rings is 1. The molecule has 1 aromatic heterocycles. The van der Waals surface area contributed by atoms with E-state index >= 15 is 0 Å². The number of aromatic nitrogens is 2. The molecule has 0 radical (unpaired) electrons. The summed E-state index contributed by atoms with van der Waals surface area (Å²) in [6.45, 7) is 1.72. The Balaban J connectivity index is 2.87. The first-order chi connectivity index (χ1) is 6.16. The molecule has 0 unspecified atom stereocenters. The Morgan fingerprint density at radius 3 is 3.00 bits per heavy atom. The SMILES string of the molecule is CCOC(=O)c1nc[nH]c1C(F)F. The van der Waals surface area contributed by atoms with Crippen molar-refractivity contribution < 1.29 is 18.3 Å². The molecule has 0 fully saturated rings. The van der Waals surface area contributed by atoms with Gasteiger partial charge in [-0.1, -0.05) is 0 Å². The van der Waals surface area contributed by atoms with Crippen LogP contribution in [0.2, 0.25) is 0 Å². The van der Waals surface area contributed by atoms with E-state index in [9.17, 15) is 13.6 Å². The molecule has 1 rings (SSSR count). The molecule has 0 atom stereocenters. The van der Waals surface area contributed by atoms with Crippen LogP contribution in [0.1, 0.15) is 29.5 Å². The molecule has 0 saturated heterocycles. The van der Waals surface area contributed by atoms with Gasteiger partial charge in [-0.05, 0) is 6.92 Å². The van der Waals surface area contributed by atoms with Crippen molar-refractivity contribution in [2.24, 2.45) is 0 Å². The predicted octanol–water partition coefficient (Wildman–Crippen LogP) is 1.52. The molecule has 0 aromatic carbocycles. The van der Waals surface area contributed by atoms with Gasteiger partial charge < -0.3 is 9.72 Å². The van der Waals surface area contributed by atoms with Crippen LogP contribution in [0.25, 0.3) is 0 Å². The van der Waals surface area contributed by atoms with Crippen molar-refractivity contribution in [3.05, 3.63) is 17.7 Å². The lowest BCUT2D eigenvalue weighted by Crippen LogP contribution is -2.08. The monoisotopic (exact) mass is 190 g/mol. The maximum atomic E-state index is 12.2. The average molecular weight is 190 g/mol. The molecule has 72 valence electrons. The molecule has 1 heterocycles. The summed E-state index contributed by atoms with van der Waals surface area (Å²) in [5, 5.41) is 0. The highest BCUT2D eigenvalue weighted by Gasteiger charge is 2.21. The quantitative estimate of drug-likeness (QED) is 0.735. The molecule has 13 heavy (non-hydrogen) atoms. The fraction of sp³-hybridized carbons (Fsp3) is 0.429. The van der Waals surface area contributed by atoms with Crippen LogP contribution in [0.4, 0.5) is 8.78 Å². The average Bonchev–Trinajstić information content (AvgIpc) is 2.52. The largest absolute Gasteiger partial charge is 0.461 e. The summed E-state index contributed by atoms with van der Waals surface area (Å²) in [6, 6.07) is 0. The van der Waals surface area contributed by atoms with Crippen molar-refractivity contribution >= 4 is 5.97 Å². The fourth-order valence-corrected chi connectivity index (χ4v) is 0.833. The standard InChI is InChI=1S/C7H8F2N2O2/c1-2-13-7(12)5-4(6(8)9)10-3-11-5/h3,6H,2H2,1H3,(H,10,11). The second-order valence-corrected chi connectivity index (χ2v) is 2.19. The smallest absolute Gasteiger partial charge is 0.359 e. The van der Waals surface area contributed by atoms with Crippen molar-refractivity contribution in [3.8, 4) is 0 Å². The number of rotatable bonds is 3. The van der Waals surface area contributed by atoms with Crippen LogP contribution in [0.3, 0.4) is 0 Å². The van der Waals surface area contributed by atoms with Crippen molar-refractivity contribution in [2.75, 3.05) is 6.61 Å². The van der Waals surface area contributed by atoms with Gasteiger partial charge in [-0.3, -0.25) is 0 Å². The van der Waals surface area contributed by atoms with E-state index in [1.807, 2.05) is 0 Å². The van der Waals surface area contributed by atoms with Crippen LogP contribution in [-0.2, 0) is 4.74 Å². The first-order valence-electron chi connectivity index (χ1n) is 3.65. The predicted molar refractivity (Wildman–Crippen MR) is 39.5 cm³/mol. The van der Waals surface area contributed by atoms with Gasteiger partial charge in [0, 0.05) is 0 Å². The zero-order valence-electron chi connectivity index (χ0n) is 6.88. The molecule has 0 aliphatic rings. The van der Waals surface area contributed by atoms with Gasteiger partial charge in [-0.15, -0.1) is 0 Å². The Hall–Kier alpha value is -1.46. The van der Waals surface area contributed by atoms with E-state index in [0.717, 1.165) is 6.33 Å². The third-order valence-corrected chi connectivity index (χ3v) is 1.36. The van der Waals surface area contributed by atoms with E-state index in [-0.39, 0.29) is 12.3 Å². The zero-order valence-corrected chi connectivity index (χ0v) is 6.88. The number of nitrogens with one attached hydrogen (secondary N) is 1. The van der Waals surface area contributed by atoms with Gasteiger partial charge in [0.25, 0.3) is 6.43 Å². The lowest BCUT2D eigenvalue weighted by Gasteiger charge is -2.00. The lowest BCUT2D eigenvalue weighted by atomic mass is 10.3. The van der Waals surface area contributed by atoms with Crippen molar-refractivity contribution in [1.29, 1.82) is 0 Å². The van der Waals surface area contributed by atoms with Gasteiger partial charge in [0.05, 0.1) is 12.9 Å². The molecule has 1 N–H and O–H groups in total. The van der Waals surface area contributed by atoms with Crippen LogP contribution in [-0.4, -0.2) is 22.5 Å². The van der Waals surface area contributed by atoms with Crippen LogP contribution in [0, 0.1) is 0 Å².